The van der Waals surface area contributed by atoms with Gasteiger partial charge in [-0.2, -0.15) is 0 Å². The molecule has 0 aliphatic heterocycles. The lowest BCUT2D eigenvalue weighted by Crippen LogP contribution is -2.51. The molecule has 6 heteroatoms. The van der Waals surface area contributed by atoms with Crippen LogP contribution in [-0.2, 0) is 10.0 Å². The average molecular weight is 312 g/mol. The molecule has 118 valence electrons. The minimum atomic E-state index is -3.54. The van der Waals surface area contributed by atoms with Crippen LogP contribution in [0.15, 0.2) is 29.2 Å². The summed E-state index contributed by atoms with van der Waals surface area (Å²) >= 11 is 0. The van der Waals surface area contributed by atoms with Gasteiger partial charge >= 0.3 is 0 Å². The summed E-state index contributed by atoms with van der Waals surface area (Å²) in [7, 11) is -3.54. The Morgan fingerprint density at radius 1 is 1.24 bits per heavy atom. The van der Waals surface area contributed by atoms with Gasteiger partial charge in [0.2, 0.25) is 10.0 Å². The van der Waals surface area contributed by atoms with Crippen molar-refractivity contribution in [2.45, 2.75) is 49.5 Å². The molecule has 0 unspecified atom stereocenters. The molecule has 3 N–H and O–H groups in total. The lowest BCUT2D eigenvalue weighted by molar-refractivity contribution is 0.317. The summed E-state index contributed by atoms with van der Waals surface area (Å²) in [5.41, 5.74) is 5.31. The van der Waals surface area contributed by atoms with Gasteiger partial charge in [0.15, 0.2) is 0 Å². The van der Waals surface area contributed by atoms with E-state index in [4.69, 9.17) is 10.5 Å². The van der Waals surface area contributed by atoms with Gasteiger partial charge < -0.3 is 10.5 Å². The summed E-state index contributed by atoms with van der Waals surface area (Å²) in [4.78, 5) is 0.256. The lowest BCUT2D eigenvalue weighted by atomic mass is 10.0. The molecular weight excluding hydrogens is 288 g/mol. The molecule has 0 amide bonds. The first-order chi connectivity index (χ1) is 10.0. The largest absolute Gasteiger partial charge is 0.494 e. The van der Waals surface area contributed by atoms with Crippen molar-refractivity contribution in [3.05, 3.63) is 24.3 Å². The third-order valence-electron chi connectivity index (χ3n) is 3.91. The van der Waals surface area contributed by atoms with Crippen molar-refractivity contribution >= 4 is 10.0 Å². The third-order valence-corrected chi connectivity index (χ3v) is 5.50. The van der Waals surface area contributed by atoms with Crippen LogP contribution in [-0.4, -0.2) is 27.1 Å². The molecule has 5 nitrogen and oxygen atoms in total. The van der Waals surface area contributed by atoms with Crippen LogP contribution in [0.3, 0.4) is 0 Å². The van der Waals surface area contributed by atoms with Gasteiger partial charge in [-0.05, 0) is 43.5 Å². The summed E-state index contributed by atoms with van der Waals surface area (Å²) in [6, 6.07) is 6.53. The molecule has 0 spiro atoms. The van der Waals surface area contributed by atoms with Gasteiger partial charge in [0, 0.05) is 12.1 Å². The van der Waals surface area contributed by atoms with Crippen LogP contribution in [0, 0.1) is 0 Å². The maximum absolute atomic E-state index is 12.5. The van der Waals surface area contributed by atoms with Crippen LogP contribution >= 0.6 is 0 Å². The Morgan fingerprint density at radius 2 is 1.86 bits per heavy atom. The van der Waals surface area contributed by atoms with E-state index >= 15 is 0 Å². The fraction of sp³-hybridized carbons (Fsp3) is 0.600. The second kappa shape index (κ2) is 6.77. The molecule has 0 aromatic heterocycles. The SMILES string of the molecule is CCCOc1ccc(S(=O)(=O)NC2(CN)CCCC2)cc1. The lowest BCUT2D eigenvalue weighted by Gasteiger charge is -2.28. The molecule has 0 radical (unpaired) electrons. The molecule has 0 atom stereocenters. The van der Waals surface area contributed by atoms with Crippen LogP contribution in [0.5, 0.6) is 5.75 Å². The fourth-order valence-corrected chi connectivity index (χ4v) is 4.15. The zero-order valence-electron chi connectivity index (χ0n) is 12.5. The highest BCUT2D eigenvalue weighted by molar-refractivity contribution is 7.89. The van der Waals surface area contributed by atoms with E-state index in [1.165, 1.54) is 0 Å². The van der Waals surface area contributed by atoms with E-state index in [9.17, 15) is 8.42 Å². The molecule has 2 rings (SSSR count). The van der Waals surface area contributed by atoms with Gasteiger partial charge in [0.05, 0.1) is 11.5 Å². The Kier molecular flexibility index (Phi) is 5.24. The van der Waals surface area contributed by atoms with Gasteiger partial charge in [-0.15, -0.1) is 0 Å². The van der Waals surface area contributed by atoms with Crippen molar-refractivity contribution in [3.8, 4) is 5.75 Å². The Morgan fingerprint density at radius 3 is 2.38 bits per heavy atom. The zero-order chi connectivity index (χ0) is 15.3. The van der Waals surface area contributed by atoms with Crippen LogP contribution in [0.25, 0.3) is 0 Å². The molecule has 1 aliphatic rings. The van der Waals surface area contributed by atoms with E-state index in [-0.39, 0.29) is 4.90 Å². The van der Waals surface area contributed by atoms with Crippen molar-refractivity contribution in [3.63, 3.8) is 0 Å². The van der Waals surface area contributed by atoms with E-state index in [2.05, 4.69) is 4.72 Å². The van der Waals surface area contributed by atoms with Crippen LogP contribution in [0.2, 0.25) is 0 Å². The Balaban J connectivity index is 2.12. The van der Waals surface area contributed by atoms with Crippen molar-refractivity contribution in [1.82, 2.24) is 4.72 Å². The Hall–Kier alpha value is -1.11. The molecule has 1 aliphatic carbocycles. The summed E-state index contributed by atoms with van der Waals surface area (Å²) in [6.45, 7) is 2.99. The summed E-state index contributed by atoms with van der Waals surface area (Å²) in [5, 5.41) is 0. The third kappa shape index (κ3) is 3.96. The number of nitrogens with two attached hydrogens (primary N) is 1. The summed E-state index contributed by atoms with van der Waals surface area (Å²) in [5.74, 6) is 0.685. The Labute approximate surface area is 126 Å². The van der Waals surface area contributed by atoms with Crippen molar-refractivity contribution in [1.29, 1.82) is 0 Å². The number of hydrogen-bond donors (Lipinski definition) is 2. The fourth-order valence-electron chi connectivity index (χ4n) is 2.68. The van der Waals surface area contributed by atoms with Gasteiger partial charge in [-0.25, -0.2) is 13.1 Å². The van der Waals surface area contributed by atoms with Gasteiger partial charge in [-0.3, -0.25) is 0 Å². The zero-order valence-corrected chi connectivity index (χ0v) is 13.3. The molecule has 1 fully saturated rings. The second-order valence-electron chi connectivity index (χ2n) is 5.62. The van der Waals surface area contributed by atoms with Crippen LogP contribution in [0.4, 0.5) is 0 Å². The average Bonchev–Trinajstić information content (AvgIpc) is 2.94. The molecule has 1 saturated carbocycles. The number of rotatable bonds is 7. The van der Waals surface area contributed by atoms with Crippen molar-refractivity contribution in [2.24, 2.45) is 5.73 Å². The maximum atomic E-state index is 12.5. The predicted octanol–water partition coefficient (Wildman–Crippen LogP) is 2.03. The maximum Gasteiger partial charge on any atom is 0.241 e. The number of ether oxygens (including phenoxy) is 1. The van der Waals surface area contributed by atoms with E-state index in [0.717, 1.165) is 32.1 Å². The monoisotopic (exact) mass is 312 g/mol. The highest BCUT2D eigenvalue weighted by Gasteiger charge is 2.36. The topological polar surface area (TPSA) is 81.4 Å². The Bertz CT molecular complexity index is 549. The molecule has 0 bridgehead atoms. The molecule has 1 aromatic carbocycles. The number of hydrogen-bond acceptors (Lipinski definition) is 4. The highest BCUT2D eigenvalue weighted by Crippen LogP contribution is 2.30. The molecular formula is C15H24N2O3S. The van der Waals surface area contributed by atoms with Crippen molar-refractivity contribution < 1.29 is 13.2 Å². The molecule has 21 heavy (non-hydrogen) atoms. The molecule has 1 aromatic rings. The first-order valence-electron chi connectivity index (χ1n) is 7.48. The van der Waals surface area contributed by atoms with Gasteiger partial charge in [-0.1, -0.05) is 19.8 Å². The normalized spacial score (nSPS) is 17.8. The van der Waals surface area contributed by atoms with Gasteiger partial charge in [0.25, 0.3) is 0 Å². The standard InChI is InChI=1S/C15H24N2O3S/c1-2-11-20-13-5-7-14(8-6-13)21(18,19)17-15(12-16)9-3-4-10-15/h5-8,17H,2-4,9-12,16H2,1H3. The number of benzene rings is 1. The van der Waals surface area contributed by atoms with E-state index in [1.807, 2.05) is 6.92 Å². The minimum Gasteiger partial charge on any atom is -0.494 e. The smallest absolute Gasteiger partial charge is 0.241 e. The second-order valence-corrected chi connectivity index (χ2v) is 7.30. The first kappa shape index (κ1) is 16.3. The summed E-state index contributed by atoms with van der Waals surface area (Å²) < 4.78 is 33.2. The predicted molar refractivity (Wildman–Crippen MR) is 82.8 cm³/mol. The van der Waals surface area contributed by atoms with Crippen LogP contribution < -0.4 is 15.2 Å². The highest BCUT2D eigenvalue weighted by atomic mass is 32.2. The summed E-state index contributed by atoms with van der Waals surface area (Å²) in [6.07, 6.45) is 4.56. The first-order valence-corrected chi connectivity index (χ1v) is 8.96. The molecule has 0 saturated heterocycles. The quantitative estimate of drug-likeness (QED) is 0.807. The van der Waals surface area contributed by atoms with E-state index in [0.29, 0.717) is 18.9 Å². The number of nitrogens with one attached hydrogen (secondary N) is 1. The molecule has 0 heterocycles. The van der Waals surface area contributed by atoms with E-state index < -0.39 is 15.6 Å². The van der Waals surface area contributed by atoms with Gasteiger partial charge in [0.1, 0.15) is 5.75 Å². The van der Waals surface area contributed by atoms with Crippen molar-refractivity contribution in [2.75, 3.05) is 13.2 Å². The van der Waals surface area contributed by atoms with Crippen LogP contribution in [0.1, 0.15) is 39.0 Å². The van der Waals surface area contributed by atoms with E-state index in [1.54, 1.807) is 24.3 Å². The minimum absolute atomic E-state index is 0.256. The number of sulfonamides is 1.